The first-order valence-corrected chi connectivity index (χ1v) is 8.66. The summed E-state index contributed by atoms with van der Waals surface area (Å²) in [5.74, 6) is 0. The van der Waals surface area contributed by atoms with Crippen LogP contribution < -0.4 is 10.0 Å². The minimum atomic E-state index is -3.41. The summed E-state index contributed by atoms with van der Waals surface area (Å²) in [5, 5.41) is 3.19. The lowest BCUT2D eigenvalue weighted by Crippen LogP contribution is -2.63. The lowest BCUT2D eigenvalue weighted by atomic mass is 9.65. The molecule has 0 saturated heterocycles. The van der Waals surface area contributed by atoms with Crippen LogP contribution in [0.3, 0.4) is 0 Å². The molecular formula is C13H29N3O3S. The van der Waals surface area contributed by atoms with Crippen LogP contribution in [0.1, 0.15) is 33.6 Å². The Balaban J connectivity index is 2.45. The van der Waals surface area contributed by atoms with Gasteiger partial charge in [-0.25, -0.2) is 0 Å². The number of nitrogens with one attached hydrogen (secondary N) is 2. The molecule has 0 aromatic carbocycles. The van der Waals surface area contributed by atoms with Crippen LogP contribution in [0.5, 0.6) is 0 Å². The van der Waals surface area contributed by atoms with E-state index in [1.54, 1.807) is 14.2 Å². The molecule has 1 saturated carbocycles. The summed E-state index contributed by atoms with van der Waals surface area (Å²) in [6.45, 7) is 8.35. The highest BCUT2D eigenvalue weighted by atomic mass is 32.2. The lowest BCUT2D eigenvalue weighted by Gasteiger charge is -2.51. The van der Waals surface area contributed by atoms with Crippen molar-refractivity contribution in [3.63, 3.8) is 0 Å². The summed E-state index contributed by atoms with van der Waals surface area (Å²) in [4.78, 5) is 0. The van der Waals surface area contributed by atoms with Crippen LogP contribution in [0.25, 0.3) is 0 Å². The maximum atomic E-state index is 12.2. The molecule has 1 aliphatic rings. The average molecular weight is 307 g/mol. The predicted octanol–water partition coefficient (Wildman–Crippen LogP) is 0.566. The van der Waals surface area contributed by atoms with E-state index in [0.717, 1.165) is 25.9 Å². The Bertz CT molecular complexity index is 398. The lowest BCUT2D eigenvalue weighted by molar-refractivity contribution is -0.0911. The van der Waals surface area contributed by atoms with E-state index in [9.17, 15) is 8.42 Å². The van der Waals surface area contributed by atoms with E-state index in [1.165, 1.54) is 4.31 Å². The number of methoxy groups -OCH3 is 1. The zero-order valence-corrected chi connectivity index (χ0v) is 14.1. The van der Waals surface area contributed by atoms with E-state index >= 15 is 0 Å². The van der Waals surface area contributed by atoms with Crippen molar-refractivity contribution in [2.24, 2.45) is 5.41 Å². The topological polar surface area (TPSA) is 70.7 Å². The van der Waals surface area contributed by atoms with Crippen LogP contribution in [-0.4, -0.2) is 58.7 Å². The average Bonchev–Trinajstić information content (AvgIpc) is 2.38. The molecule has 0 amide bonds. The summed E-state index contributed by atoms with van der Waals surface area (Å²) >= 11 is 0. The fraction of sp³-hybridized carbons (Fsp3) is 1.00. The monoisotopic (exact) mass is 307 g/mol. The molecule has 0 aliphatic heterocycles. The van der Waals surface area contributed by atoms with E-state index in [-0.39, 0.29) is 17.6 Å². The van der Waals surface area contributed by atoms with Gasteiger partial charge in [-0.1, -0.05) is 20.8 Å². The molecule has 0 aromatic heterocycles. The summed E-state index contributed by atoms with van der Waals surface area (Å²) in [7, 11) is -0.121. The first-order chi connectivity index (χ1) is 9.25. The highest BCUT2D eigenvalue weighted by Gasteiger charge is 2.50. The molecule has 1 aliphatic carbocycles. The standard InChI is InChI=1S/C13H29N3O3S/c1-6-14-8-7-9-16(4)20(17,18)15-11-10-12(19-5)13(11,2)3/h11-12,14-15H,6-10H2,1-5H3. The van der Waals surface area contributed by atoms with Gasteiger partial charge in [0.05, 0.1) is 6.10 Å². The highest BCUT2D eigenvalue weighted by molar-refractivity contribution is 7.87. The molecule has 0 radical (unpaired) electrons. The molecule has 120 valence electrons. The van der Waals surface area contributed by atoms with Crippen molar-refractivity contribution in [2.75, 3.05) is 33.8 Å². The second-order valence-corrected chi connectivity index (χ2v) is 7.79. The van der Waals surface area contributed by atoms with Gasteiger partial charge in [0.1, 0.15) is 0 Å². The first-order valence-electron chi connectivity index (χ1n) is 7.22. The summed E-state index contributed by atoms with van der Waals surface area (Å²) in [6, 6.07) is -0.0614. The molecule has 2 unspecified atom stereocenters. The molecule has 1 rings (SSSR count). The quantitative estimate of drug-likeness (QED) is 0.611. The highest BCUT2D eigenvalue weighted by Crippen LogP contribution is 2.42. The van der Waals surface area contributed by atoms with Crippen LogP contribution >= 0.6 is 0 Å². The molecule has 1 fully saturated rings. The molecule has 0 aromatic rings. The van der Waals surface area contributed by atoms with Gasteiger partial charge in [0.25, 0.3) is 10.2 Å². The van der Waals surface area contributed by atoms with Gasteiger partial charge in [-0.2, -0.15) is 17.4 Å². The van der Waals surface area contributed by atoms with Crippen molar-refractivity contribution in [1.29, 1.82) is 0 Å². The van der Waals surface area contributed by atoms with Gasteiger partial charge in [-0.15, -0.1) is 0 Å². The molecule has 2 atom stereocenters. The Kier molecular flexibility index (Phi) is 6.40. The molecular weight excluding hydrogens is 278 g/mol. The van der Waals surface area contributed by atoms with Gasteiger partial charge in [0, 0.05) is 32.2 Å². The third-order valence-corrected chi connectivity index (χ3v) is 5.83. The minimum Gasteiger partial charge on any atom is -0.381 e. The van der Waals surface area contributed by atoms with E-state index in [1.807, 2.05) is 20.8 Å². The number of hydrogen-bond donors (Lipinski definition) is 2. The normalized spacial score (nSPS) is 25.7. The van der Waals surface area contributed by atoms with Crippen LogP contribution in [0.2, 0.25) is 0 Å². The van der Waals surface area contributed by atoms with Crippen molar-refractivity contribution < 1.29 is 13.2 Å². The number of ether oxygens (including phenoxy) is 1. The smallest absolute Gasteiger partial charge is 0.279 e. The van der Waals surface area contributed by atoms with Crippen LogP contribution in [0.15, 0.2) is 0 Å². The van der Waals surface area contributed by atoms with E-state index in [4.69, 9.17) is 4.74 Å². The van der Waals surface area contributed by atoms with E-state index in [0.29, 0.717) is 6.54 Å². The zero-order valence-electron chi connectivity index (χ0n) is 13.3. The summed E-state index contributed by atoms with van der Waals surface area (Å²) in [6.07, 6.45) is 1.66. The molecule has 0 heterocycles. The Labute approximate surface area is 123 Å². The van der Waals surface area contributed by atoms with Crippen molar-refractivity contribution in [3.05, 3.63) is 0 Å². The molecule has 6 nitrogen and oxygen atoms in total. The van der Waals surface area contributed by atoms with Crippen molar-refractivity contribution in [3.8, 4) is 0 Å². The molecule has 0 spiro atoms. The minimum absolute atomic E-state index is 0.0614. The van der Waals surface area contributed by atoms with Gasteiger partial charge in [-0.05, 0) is 25.9 Å². The Morgan fingerprint density at radius 1 is 1.40 bits per heavy atom. The van der Waals surface area contributed by atoms with Crippen molar-refractivity contribution in [1.82, 2.24) is 14.3 Å². The zero-order chi connectivity index (χ0) is 15.4. The number of hydrogen-bond acceptors (Lipinski definition) is 4. The van der Waals surface area contributed by atoms with Crippen molar-refractivity contribution >= 4 is 10.2 Å². The summed E-state index contributed by atoms with van der Waals surface area (Å²) in [5.41, 5.74) is -0.160. The number of rotatable bonds is 9. The second-order valence-electron chi connectivity index (χ2n) is 5.99. The second kappa shape index (κ2) is 7.17. The van der Waals surface area contributed by atoms with Gasteiger partial charge < -0.3 is 10.1 Å². The summed E-state index contributed by atoms with van der Waals surface area (Å²) < 4.78 is 34.0. The molecule has 7 heteroatoms. The molecule has 20 heavy (non-hydrogen) atoms. The third-order valence-electron chi connectivity index (χ3n) is 4.24. The third kappa shape index (κ3) is 4.14. The fourth-order valence-corrected chi connectivity index (χ4v) is 3.79. The predicted molar refractivity (Wildman–Crippen MR) is 80.8 cm³/mol. The van der Waals surface area contributed by atoms with E-state index in [2.05, 4.69) is 10.0 Å². The van der Waals surface area contributed by atoms with Crippen LogP contribution in [0, 0.1) is 5.41 Å². The molecule has 0 bridgehead atoms. The Morgan fingerprint density at radius 3 is 2.55 bits per heavy atom. The fourth-order valence-electron chi connectivity index (χ4n) is 2.48. The van der Waals surface area contributed by atoms with Gasteiger partial charge in [0.2, 0.25) is 0 Å². The van der Waals surface area contributed by atoms with Crippen LogP contribution in [0.4, 0.5) is 0 Å². The van der Waals surface area contributed by atoms with Crippen LogP contribution in [-0.2, 0) is 14.9 Å². The number of nitrogens with zero attached hydrogens (tertiary/aromatic N) is 1. The maximum absolute atomic E-state index is 12.2. The van der Waals surface area contributed by atoms with Crippen molar-refractivity contribution in [2.45, 2.75) is 45.8 Å². The van der Waals surface area contributed by atoms with E-state index < -0.39 is 10.2 Å². The molecule has 2 N–H and O–H groups in total. The van der Waals surface area contributed by atoms with Gasteiger partial charge >= 0.3 is 0 Å². The largest absolute Gasteiger partial charge is 0.381 e. The Morgan fingerprint density at radius 2 is 2.05 bits per heavy atom. The maximum Gasteiger partial charge on any atom is 0.279 e. The SMILES string of the molecule is CCNCCCN(C)S(=O)(=O)NC1CC(OC)C1(C)C. The van der Waals surface area contributed by atoms with Gasteiger partial charge in [0.15, 0.2) is 0 Å². The van der Waals surface area contributed by atoms with Gasteiger partial charge in [-0.3, -0.25) is 0 Å². The first kappa shape index (κ1) is 17.8. The Hall–Kier alpha value is -0.210.